The zero-order valence-electron chi connectivity index (χ0n) is 10.6. The van der Waals surface area contributed by atoms with E-state index in [0.717, 1.165) is 6.42 Å². The fourth-order valence-corrected chi connectivity index (χ4v) is 2.34. The van der Waals surface area contributed by atoms with Crippen molar-refractivity contribution in [3.63, 3.8) is 0 Å². The van der Waals surface area contributed by atoms with Gasteiger partial charge in [0.1, 0.15) is 11.8 Å². The number of carbonyl (C=O) groups is 2. The van der Waals surface area contributed by atoms with Gasteiger partial charge < -0.3 is 15.1 Å². The Kier molecular flexibility index (Phi) is 3.69. The fourth-order valence-electron chi connectivity index (χ4n) is 2.34. The van der Waals surface area contributed by atoms with Crippen molar-refractivity contribution >= 4 is 11.9 Å². The van der Waals surface area contributed by atoms with Gasteiger partial charge in [0.15, 0.2) is 0 Å². The van der Waals surface area contributed by atoms with Gasteiger partial charge in [-0.05, 0) is 24.8 Å². The largest absolute Gasteiger partial charge is 0.505 e. The number of aromatic hydroxyl groups is 1. The summed E-state index contributed by atoms with van der Waals surface area (Å²) < 4.78 is 0. The molecule has 1 saturated heterocycles. The topological polar surface area (TPSA) is 90.7 Å². The van der Waals surface area contributed by atoms with Crippen molar-refractivity contribution in [1.29, 1.82) is 0 Å². The summed E-state index contributed by atoms with van der Waals surface area (Å²) in [5.74, 6) is -1.42. The maximum Gasteiger partial charge on any atom is 0.326 e. The van der Waals surface area contributed by atoms with Crippen molar-refractivity contribution in [3.05, 3.63) is 24.0 Å². The van der Waals surface area contributed by atoms with Crippen molar-refractivity contribution < 1.29 is 19.8 Å². The fraction of sp³-hybridized carbons (Fsp3) is 0.462. The molecular weight excluding hydrogens is 248 g/mol. The molecule has 2 unspecified atom stereocenters. The van der Waals surface area contributed by atoms with Crippen LogP contribution in [0, 0.1) is 5.92 Å². The Bertz CT molecular complexity index is 503. The van der Waals surface area contributed by atoms with Crippen LogP contribution in [0.25, 0.3) is 0 Å². The third-order valence-electron chi connectivity index (χ3n) is 3.44. The zero-order valence-corrected chi connectivity index (χ0v) is 10.6. The predicted octanol–water partition coefficient (Wildman–Crippen LogP) is 1.11. The van der Waals surface area contributed by atoms with E-state index in [1.807, 2.05) is 6.92 Å². The first-order chi connectivity index (χ1) is 9.00. The SMILES string of the molecule is CC1CCN(C(=O)c2ccncc2O)C(C(=O)O)C1. The summed E-state index contributed by atoms with van der Waals surface area (Å²) >= 11 is 0. The van der Waals surface area contributed by atoms with Crippen LogP contribution in [0.1, 0.15) is 30.1 Å². The second-order valence-electron chi connectivity index (χ2n) is 4.87. The average Bonchev–Trinajstić information content (AvgIpc) is 2.38. The summed E-state index contributed by atoms with van der Waals surface area (Å²) in [7, 11) is 0. The number of carbonyl (C=O) groups excluding carboxylic acids is 1. The molecule has 0 bridgehead atoms. The van der Waals surface area contributed by atoms with Crippen LogP contribution in [0.15, 0.2) is 18.5 Å². The van der Waals surface area contributed by atoms with Gasteiger partial charge in [0.2, 0.25) is 0 Å². The molecule has 1 aliphatic heterocycles. The van der Waals surface area contributed by atoms with E-state index in [0.29, 0.717) is 13.0 Å². The van der Waals surface area contributed by atoms with E-state index in [1.54, 1.807) is 0 Å². The zero-order chi connectivity index (χ0) is 14.0. The predicted molar refractivity (Wildman–Crippen MR) is 66.8 cm³/mol. The summed E-state index contributed by atoms with van der Waals surface area (Å²) in [5.41, 5.74) is 0.0933. The molecule has 0 radical (unpaired) electrons. The number of aromatic nitrogens is 1. The van der Waals surface area contributed by atoms with Crippen LogP contribution >= 0.6 is 0 Å². The van der Waals surface area contributed by atoms with Crippen molar-refractivity contribution in [2.24, 2.45) is 5.92 Å². The Morgan fingerprint density at radius 3 is 2.84 bits per heavy atom. The second-order valence-corrected chi connectivity index (χ2v) is 4.87. The minimum absolute atomic E-state index is 0.0933. The monoisotopic (exact) mass is 264 g/mol. The molecule has 1 amide bonds. The van der Waals surface area contributed by atoms with Gasteiger partial charge in [0.05, 0.1) is 11.8 Å². The van der Waals surface area contributed by atoms with Gasteiger partial charge >= 0.3 is 5.97 Å². The van der Waals surface area contributed by atoms with Crippen molar-refractivity contribution in [1.82, 2.24) is 9.88 Å². The second kappa shape index (κ2) is 5.26. The number of hydrogen-bond acceptors (Lipinski definition) is 4. The third kappa shape index (κ3) is 2.67. The number of pyridine rings is 1. The number of rotatable bonds is 2. The van der Waals surface area contributed by atoms with E-state index in [-0.39, 0.29) is 17.2 Å². The maximum atomic E-state index is 12.3. The van der Waals surface area contributed by atoms with Crippen LogP contribution in [0.2, 0.25) is 0 Å². The minimum Gasteiger partial charge on any atom is -0.505 e. The first-order valence-electron chi connectivity index (χ1n) is 6.17. The van der Waals surface area contributed by atoms with E-state index >= 15 is 0 Å². The Hall–Kier alpha value is -2.11. The van der Waals surface area contributed by atoms with Gasteiger partial charge in [0, 0.05) is 12.7 Å². The van der Waals surface area contributed by atoms with E-state index in [1.165, 1.54) is 23.4 Å². The highest BCUT2D eigenvalue weighted by atomic mass is 16.4. The lowest BCUT2D eigenvalue weighted by atomic mass is 9.92. The van der Waals surface area contributed by atoms with Gasteiger partial charge in [0.25, 0.3) is 5.91 Å². The number of nitrogens with zero attached hydrogens (tertiary/aromatic N) is 2. The lowest BCUT2D eigenvalue weighted by molar-refractivity contribution is -0.144. The number of amides is 1. The van der Waals surface area contributed by atoms with Gasteiger partial charge in [-0.3, -0.25) is 9.78 Å². The molecular formula is C13H16N2O4. The normalized spacial score (nSPS) is 23.1. The molecule has 2 atom stereocenters. The van der Waals surface area contributed by atoms with Crippen molar-refractivity contribution in [2.75, 3.05) is 6.54 Å². The van der Waals surface area contributed by atoms with Crippen LogP contribution in [0.4, 0.5) is 0 Å². The summed E-state index contributed by atoms with van der Waals surface area (Å²) in [6, 6.07) is 0.568. The van der Waals surface area contributed by atoms with Crippen LogP contribution in [0.5, 0.6) is 5.75 Å². The number of aliphatic carboxylic acids is 1. The summed E-state index contributed by atoms with van der Waals surface area (Å²) in [4.78, 5) is 28.6. The van der Waals surface area contributed by atoms with Crippen molar-refractivity contribution in [2.45, 2.75) is 25.8 Å². The molecule has 0 aliphatic carbocycles. The van der Waals surface area contributed by atoms with Crippen LogP contribution in [-0.2, 0) is 4.79 Å². The first-order valence-corrected chi connectivity index (χ1v) is 6.17. The lowest BCUT2D eigenvalue weighted by Crippen LogP contribution is -2.49. The maximum absolute atomic E-state index is 12.3. The Labute approximate surface area is 110 Å². The molecule has 6 heteroatoms. The third-order valence-corrected chi connectivity index (χ3v) is 3.44. The molecule has 1 aliphatic rings. The number of hydrogen-bond donors (Lipinski definition) is 2. The van der Waals surface area contributed by atoms with Gasteiger partial charge in [-0.1, -0.05) is 6.92 Å². The number of piperidine rings is 1. The molecule has 102 valence electrons. The molecule has 1 aromatic heterocycles. The van der Waals surface area contributed by atoms with Crippen LogP contribution in [0.3, 0.4) is 0 Å². The van der Waals surface area contributed by atoms with Gasteiger partial charge in [-0.15, -0.1) is 0 Å². The van der Waals surface area contributed by atoms with E-state index in [2.05, 4.69) is 4.98 Å². The molecule has 19 heavy (non-hydrogen) atoms. The molecule has 1 fully saturated rings. The molecule has 2 rings (SSSR count). The quantitative estimate of drug-likeness (QED) is 0.835. The Morgan fingerprint density at radius 1 is 1.47 bits per heavy atom. The molecule has 2 heterocycles. The van der Waals surface area contributed by atoms with Crippen LogP contribution in [-0.4, -0.2) is 44.6 Å². The van der Waals surface area contributed by atoms with E-state index < -0.39 is 17.9 Å². The summed E-state index contributed by atoms with van der Waals surface area (Å²) in [6.07, 6.45) is 3.78. The van der Waals surface area contributed by atoms with Gasteiger partial charge in [-0.25, -0.2) is 4.79 Å². The number of carboxylic acid groups (broad SMARTS) is 1. The molecule has 0 saturated carbocycles. The Morgan fingerprint density at radius 2 is 2.21 bits per heavy atom. The highest BCUT2D eigenvalue weighted by Crippen LogP contribution is 2.26. The van der Waals surface area contributed by atoms with E-state index in [9.17, 15) is 19.8 Å². The molecule has 0 aromatic carbocycles. The van der Waals surface area contributed by atoms with Crippen LogP contribution < -0.4 is 0 Å². The molecule has 2 N–H and O–H groups in total. The van der Waals surface area contributed by atoms with Gasteiger partial charge in [-0.2, -0.15) is 0 Å². The average molecular weight is 264 g/mol. The summed E-state index contributed by atoms with van der Waals surface area (Å²) in [5, 5.41) is 18.9. The minimum atomic E-state index is -1.01. The van der Waals surface area contributed by atoms with Crippen molar-refractivity contribution in [3.8, 4) is 5.75 Å². The Balaban J connectivity index is 2.27. The highest BCUT2D eigenvalue weighted by molar-refractivity contribution is 5.98. The molecule has 1 aromatic rings. The smallest absolute Gasteiger partial charge is 0.326 e. The highest BCUT2D eigenvalue weighted by Gasteiger charge is 2.35. The van der Waals surface area contributed by atoms with E-state index in [4.69, 9.17) is 0 Å². The first kappa shape index (κ1) is 13.3. The summed E-state index contributed by atoms with van der Waals surface area (Å²) in [6.45, 7) is 2.36. The molecule has 6 nitrogen and oxygen atoms in total. The lowest BCUT2D eigenvalue weighted by Gasteiger charge is -2.36. The number of likely N-dealkylation sites (tertiary alicyclic amines) is 1. The number of carboxylic acids is 1. The molecule has 0 spiro atoms. The standard InChI is InChI=1S/C13H16N2O4/c1-8-3-5-15(10(6-8)13(18)19)12(17)9-2-4-14-7-11(9)16/h2,4,7-8,10,16H,3,5-6H2,1H3,(H,18,19).